The Bertz CT molecular complexity index is 1270. The molecule has 0 atom stereocenters. The number of benzene rings is 2. The minimum atomic E-state index is -0.386. The Kier molecular flexibility index (Phi) is 5.80. The number of carbonyl (C=O) groups is 2. The van der Waals surface area contributed by atoms with Crippen LogP contribution in [0.25, 0.3) is 10.3 Å². The lowest BCUT2D eigenvalue weighted by molar-refractivity contribution is 0.0945. The van der Waals surface area contributed by atoms with Crippen molar-refractivity contribution in [1.82, 2.24) is 20.1 Å². The number of rotatable bonds is 5. The van der Waals surface area contributed by atoms with Gasteiger partial charge < -0.3 is 5.32 Å². The maximum absolute atomic E-state index is 13.0. The fraction of sp³-hybridized carbons (Fsp3) is 0.250. The summed E-state index contributed by atoms with van der Waals surface area (Å²) in [5.41, 5.74) is 3.13. The van der Waals surface area contributed by atoms with Gasteiger partial charge in [0.25, 0.3) is 11.8 Å². The molecule has 4 aromatic rings. The lowest BCUT2D eigenvalue weighted by Crippen LogP contribution is -2.26. The Balaban J connectivity index is 1.63. The van der Waals surface area contributed by atoms with E-state index in [0.717, 1.165) is 11.1 Å². The molecule has 2 heterocycles. The summed E-state index contributed by atoms with van der Waals surface area (Å²) in [6.45, 7) is 8.36. The second-order valence-electron chi connectivity index (χ2n) is 8.59. The molecule has 2 amide bonds. The Morgan fingerprint density at radius 3 is 2.34 bits per heavy atom. The standard InChI is InChI=1S/C24H25N5O2S/c1-15-10-12-17(13-11-15)21(30)27-23-26-20-19(32-23)18(28-29(20)24(2,3)4)22(31)25-14-16-8-6-5-7-9-16/h5-13H,14H2,1-4H3,(H,25,31)(H,26,27,30). The van der Waals surface area contributed by atoms with E-state index in [2.05, 4.69) is 20.7 Å². The number of aromatic nitrogens is 3. The van der Waals surface area contributed by atoms with Crippen LogP contribution in [0.15, 0.2) is 54.6 Å². The van der Waals surface area contributed by atoms with Crippen molar-refractivity contribution in [3.63, 3.8) is 0 Å². The van der Waals surface area contributed by atoms with E-state index in [1.807, 2.05) is 70.2 Å². The molecule has 164 valence electrons. The third-order valence-corrected chi connectivity index (χ3v) is 5.87. The van der Waals surface area contributed by atoms with Crippen LogP contribution in [0, 0.1) is 6.92 Å². The first-order chi connectivity index (χ1) is 15.2. The number of hydrogen-bond acceptors (Lipinski definition) is 5. The van der Waals surface area contributed by atoms with Crippen molar-refractivity contribution >= 4 is 38.6 Å². The molecule has 0 aliphatic carbocycles. The highest BCUT2D eigenvalue weighted by Crippen LogP contribution is 2.32. The highest BCUT2D eigenvalue weighted by molar-refractivity contribution is 7.22. The average Bonchev–Trinajstić information content (AvgIpc) is 3.31. The summed E-state index contributed by atoms with van der Waals surface area (Å²) in [7, 11) is 0. The van der Waals surface area contributed by atoms with Crippen LogP contribution < -0.4 is 10.6 Å². The van der Waals surface area contributed by atoms with E-state index in [1.54, 1.807) is 16.8 Å². The minimum Gasteiger partial charge on any atom is -0.347 e. The molecule has 32 heavy (non-hydrogen) atoms. The molecular weight excluding hydrogens is 422 g/mol. The summed E-state index contributed by atoms with van der Waals surface area (Å²) in [5.74, 6) is -0.520. The van der Waals surface area contributed by atoms with Crippen LogP contribution in [-0.2, 0) is 12.1 Å². The monoisotopic (exact) mass is 447 g/mol. The van der Waals surface area contributed by atoms with Crippen molar-refractivity contribution < 1.29 is 9.59 Å². The summed E-state index contributed by atoms with van der Waals surface area (Å²) >= 11 is 1.25. The summed E-state index contributed by atoms with van der Waals surface area (Å²) < 4.78 is 2.38. The maximum atomic E-state index is 13.0. The van der Waals surface area contributed by atoms with E-state index < -0.39 is 0 Å². The van der Waals surface area contributed by atoms with Gasteiger partial charge in [0, 0.05) is 12.1 Å². The van der Waals surface area contributed by atoms with Crippen molar-refractivity contribution in [3.8, 4) is 0 Å². The molecule has 0 spiro atoms. The van der Waals surface area contributed by atoms with Crippen LogP contribution in [-0.4, -0.2) is 26.6 Å². The van der Waals surface area contributed by atoms with E-state index >= 15 is 0 Å². The van der Waals surface area contributed by atoms with Crippen molar-refractivity contribution in [2.24, 2.45) is 0 Å². The summed E-state index contributed by atoms with van der Waals surface area (Å²) in [6, 6.07) is 17.0. The minimum absolute atomic E-state index is 0.244. The number of nitrogens with zero attached hydrogens (tertiary/aromatic N) is 3. The van der Waals surface area contributed by atoms with Gasteiger partial charge in [-0.1, -0.05) is 59.4 Å². The van der Waals surface area contributed by atoms with E-state index in [0.29, 0.717) is 33.3 Å². The first-order valence-electron chi connectivity index (χ1n) is 10.3. The number of thiazole rings is 1. The number of anilines is 1. The van der Waals surface area contributed by atoms with Gasteiger partial charge in [0.15, 0.2) is 16.5 Å². The maximum Gasteiger partial charge on any atom is 0.273 e. The van der Waals surface area contributed by atoms with Crippen LogP contribution in [0.2, 0.25) is 0 Å². The fourth-order valence-corrected chi connectivity index (χ4v) is 4.13. The zero-order valence-electron chi connectivity index (χ0n) is 18.5. The molecule has 2 N–H and O–H groups in total. The average molecular weight is 448 g/mol. The Morgan fingerprint density at radius 1 is 1.00 bits per heavy atom. The summed E-state index contributed by atoms with van der Waals surface area (Å²) in [6.07, 6.45) is 0. The van der Waals surface area contributed by atoms with E-state index in [9.17, 15) is 9.59 Å². The van der Waals surface area contributed by atoms with Crippen LogP contribution in [0.1, 0.15) is 52.7 Å². The predicted molar refractivity (Wildman–Crippen MR) is 127 cm³/mol. The first-order valence-corrected chi connectivity index (χ1v) is 11.1. The fourth-order valence-electron chi connectivity index (χ4n) is 3.21. The summed E-state index contributed by atoms with van der Waals surface area (Å²) in [4.78, 5) is 30.2. The number of nitrogens with one attached hydrogen (secondary N) is 2. The largest absolute Gasteiger partial charge is 0.347 e. The van der Waals surface area contributed by atoms with Gasteiger partial charge in [-0.2, -0.15) is 10.1 Å². The second kappa shape index (κ2) is 8.55. The van der Waals surface area contributed by atoms with Gasteiger partial charge in [-0.15, -0.1) is 0 Å². The van der Waals surface area contributed by atoms with Gasteiger partial charge in [0.1, 0.15) is 4.70 Å². The number of hydrogen-bond donors (Lipinski definition) is 2. The van der Waals surface area contributed by atoms with Crippen molar-refractivity contribution in [2.45, 2.75) is 39.8 Å². The molecule has 0 aliphatic rings. The smallest absolute Gasteiger partial charge is 0.273 e. The molecule has 2 aromatic heterocycles. The third kappa shape index (κ3) is 4.55. The molecule has 0 aliphatic heterocycles. The van der Waals surface area contributed by atoms with Gasteiger partial charge in [-0.3, -0.25) is 14.9 Å². The highest BCUT2D eigenvalue weighted by Gasteiger charge is 2.27. The molecule has 8 heteroatoms. The Labute approximate surface area is 190 Å². The lowest BCUT2D eigenvalue weighted by atomic mass is 10.1. The Hall–Kier alpha value is -3.52. The number of aryl methyl sites for hydroxylation is 1. The zero-order chi connectivity index (χ0) is 22.9. The molecular formula is C24H25N5O2S. The molecule has 4 rings (SSSR count). The van der Waals surface area contributed by atoms with E-state index in [4.69, 9.17) is 0 Å². The van der Waals surface area contributed by atoms with Gasteiger partial charge in [0.2, 0.25) is 0 Å². The molecule has 7 nitrogen and oxygen atoms in total. The van der Waals surface area contributed by atoms with Crippen LogP contribution in [0.5, 0.6) is 0 Å². The predicted octanol–water partition coefficient (Wildman–Crippen LogP) is 4.74. The quantitative estimate of drug-likeness (QED) is 0.463. The number of amides is 2. The lowest BCUT2D eigenvalue weighted by Gasteiger charge is -2.19. The normalized spacial score (nSPS) is 11.5. The van der Waals surface area contributed by atoms with Crippen LogP contribution >= 0.6 is 11.3 Å². The molecule has 0 bridgehead atoms. The molecule has 0 radical (unpaired) electrons. The number of fused-ring (bicyclic) bond motifs is 1. The van der Waals surface area contributed by atoms with Gasteiger partial charge in [0.05, 0.1) is 5.54 Å². The SMILES string of the molecule is Cc1ccc(C(=O)Nc2nc3c(s2)c(C(=O)NCc2ccccc2)nn3C(C)(C)C)cc1. The highest BCUT2D eigenvalue weighted by atomic mass is 32.1. The van der Waals surface area contributed by atoms with E-state index in [1.165, 1.54) is 11.3 Å². The molecule has 2 aromatic carbocycles. The van der Waals surface area contributed by atoms with Gasteiger partial charge >= 0.3 is 0 Å². The van der Waals surface area contributed by atoms with E-state index in [-0.39, 0.29) is 17.4 Å². The van der Waals surface area contributed by atoms with Crippen LogP contribution in [0.4, 0.5) is 5.13 Å². The van der Waals surface area contributed by atoms with Crippen LogP contribution in [0.3, 0.4) is 0 Å². The van der Waals surface area contributed by atoms with Crippen molar-refractivity contribution in [2.75, 3.05) is 5.32 Å². The molecule has 0 unspecified atom stereocenters. The van der Waals surface area contributed by atoms with Crippen molar-refractivity contribution in [1.29, 1.82) is 0 Å². The molecule has 0 fully saturated rings. The third-order valence-electron chi connectivity index (χ3n) is 4.91. The first kappa shape index (κ1) is 21.7. The Morgan fingerprint density at radius 2 is 1.69 bits per heavy atom. The van der Waals surface area contributed by atoms with Crippen molar-refractivity contribution in [3.05, 3.63) is 77.0 Å². The molecule has 0 saturated carbocycles. The summed E-state index contributed by atoms with van der Waals surface area (Å²) in [5, 5.41) is 10.8. The van der Waals surface area contributed by atoms with Gasteiger partial charge in [-0.25, -0.2) is 4.68 Å². The van der Waals surface area contributed by atoms with Gasteiger partial charge in [-0.05, 0) is 45.4 Å². The number of carbonyl (C=O) groups excluding carboxylic acids is 2. The topological polar surface area (TPSA) is 88.9 Å². The second-order valence-corrected chi connectivity index (χ2v) is 9.59. The zero-order valence-corrected chi connectivity index (χ0v) is 19.3. The molecule has 0 saturated heterocycles.